The van der Waals surface area contributed by atoms with E-state index in [0.29, 0.717) is 11.1 Å². The third-order valence-electron chi connectivity index (χ3n) is 2.51. The van der Waals surface area contributed by atoms with Crippen LogP contribution in [0.2, 0.25) is 0 Å². The maximum Gasteiger partial charge on any atom is 0.335 e. The van der Waals surface area contributed by atoms with Gasteiger partial charge in [0.25, 0.3) is 0 Å². The number of aliphatic carboxylic acids is 2. The first kappa shape index (κ1) is 16.4. The van der Waals surface area contributed by atoms with E-state index in [-0.39, 0.29) is 28.7 Å². The topological polar surface area (TPSA) is 74.6 Å². The largest absolute Gasteiger partial charge is 0.481 e. The second-order valence-electron chi connectivity index (χ2n) is 3.87. The van der Waals surface area contributed by atoms with Crippen molar-refractivity contribution in [2.45, 2.75) is 6.42 Å². The highest BCUT2D eigenvalue weighted by Crippen LogP contribution is 2.29. The van der Waals surface area contributed by atoms with Crippen LogP contribution < -0.4 is 0 Å². The molecule has 0 aliphatic rings. The van der Waals surface area contributed by atoms with Gasteiger partial charge in [0.1, 0.15) is 0 Å². The van der Waals surface area contributed by atoms with Gasteiger partial charge in [-0.15, -0.1) is 0 Å². The van der Waals surface area contributed by atoms with E-state index in [1.807, 2.05) is 0 Å². The molecule has 0 aromatic carbocycles. The zero-order chi connectivity index (χ0) is 15.3. The van der Waals surface area contributed by atoms with Crippen LogP contribution in [0.5, 0.6) is 0 Å². The predicted octanol–water partition coefficient (Wildman–Crippen LogP) is 2.88. The van der Waals surface area contributed by atoms with E-state index in [2.05, 4.69) is 39.5 Å². The third kappa shape index (κ3) is 4.27. The lowest BCUT2D eigenvalue weighted by Crippen LogP contribution is -2.06. The molecule has 4 nitrogen and oxygen atoms in total. The summed E-state index contributed by atoms with van der Waals surface area (Å²) >= 11 is 0. The van der Waals surface area contributed by atoms with Crippen LogP contribution in [0.3, 0.4) is 0 Å². The summed E-state index contributed by atoms with van der Waals surface area (Å²) in [6.45, 7) is 21.6. The summed E-state index contributed by atoms with van der Waals surface area (Å²) in [7, 11) is 0. The maximum absolute atomic E-state index is 10.8. The van der Waals surface area contributed by atoms with Gasteiger partial charge >= 0.3 is 11.9 Å². The van der Waals surface area contributed by atoms with Crippen LogP contribution in [0.25, 0.3) is 0 Å². The molecule has 0 heterocycles. The minimum Gasteiger partial charge on any atom is -0.481 e. The van der Waals surface area contributed by atoms with Gasteiger partial charge in [-0.3, -0.25) is 4.79 Å². The van der Waals surface area contributed by atoms with Gasteiger partial charge in [-0.2, -0.15) is 0 Å². The zero-order valence-electron chi connectivity index (χ0n) is 10.7. The highest BCUT2D eigenvalue weighted by Gasteiger charge is 2.17. The third-order valence-corrected chi connectivity index (χ3v) is 2.51. The number of carbonyl (C=O) groups is 2. The van der Waals surface area contributed by atoms with E-state index < -0.39 is 11.9 Å². The van der Waals surface area contributed by atoms with Gasteiger partial charge < -0.3 is 10.2 Å². The van der Waals surface area contributed by atoms with Crippen LogP contribution in [0.1, 0.15) is 6.42 Å². The summed E-state index contributed by atoms with van der Waals surface area (Å²) in [6.07, 6.45) is -0.280. The summed E-state index contributed by atoms with van der Waals surface area (Å²) in [5.41, 5.74) is 1.01. The SMILES string of the molecule is C=C(CC(=O)O)C(=C)C(=C)C(=C)C(=C)C(=C)C(=O)O. The number of allylic oxidation sites excluding steroid dienone is 3. The van der Waals surface area contributed by atoms with E-state index in [0.717, 1.165) is 0 Å². The molecule has 0 aromatic rings. The van der Waals surface area contributed by atoms with Crippen LogP contribution in [-0.2, 0) is 9.59 Å². The Morgan fingerprint density at radius 1 is 0.684 bits per heavy atom. The second kappa shape index (κ2) is 6.35. The van der Waals surface area contributed by atoms with Crippen LogP contribution in [-0.4, -0.2) is 22.2 Å². The molecule has 0 spiro atoms. The molecule has 0 aliphatic carbocycles. The van der Waals surface area contributed by atoms with Gasteiger partial charge in [0.05, 0.1) is 12.0 Å². The Hall–Kier alpha value is -2.62. The molecule has 0 rings (SSSR count). The van der Waals surface area contributed by atoms with E-state index in [9.17, 15) is 9.59 Å². The molecule has 0 radical (unpaired) electrons. The van der Waals surface area contributed by atoms with Gasteiger partial charge in [-0.1, -0.05) is 39.5 Å². The molecule has 0 saturated heterocycles. The average molecular weight is 260 g/mol. The van der Waals surface area contributed by atoms with Crippen LogP contribution in [0, 0.1) is 0 Å². The lowest BCUT2D eigenvalue weighted by molar-refractivity contribution is -0.136. The minimum atomic E-state index is -1.21. The van der Waals surface area contributed by atoms with Crippen molar-refractivity contribution in [1.29, 1.82) is 0 Å². The van der Waals surface area contributed by atoms with Crippen molar-refractivity contribution in [3.63, 3.8) is 0 Å². The number of carboxylic acids is 2. The van der Waals surface area contributed by atoms with Crippen LogP contribution in [0.4, 0.5) is 0 Å². The summed E-state index contributed by atoms with van der Waals surface area (Å²) < 4.78 is 0. The van der Waals surface area contributed by atoms with Gasteiger partial charge in [0, 0.05) is 0 Å². The first-order valence-corrected chi connectivity index (χ1v) is 5.18. The van der Waals surface area contributed by atoms with E-state index >= 15 is 0 Å². The Labute approximate surface area is 112 Å². The summed E-state index contributed by atoms with van der Waals surface area (Å²) in [5, 5.41) is 17.5. The maximum atomic E-state index is 10.8. The zero-order valence-corrected chi connectivity index (χ0v) is 10.7. The molecule has 0 bridgehead atoms. The van der Waals surface area contributed by atoms with E-state index in [4.69, 9.17) is 10.2 Å². The summed E-state index contributed by atoms with van der Waals surface area (Å²) in [6, 6.07) is 0. The fourth-order valence-electron chi connectivity index (χ4n) is 1.18. The lowest BCUT2D eigenvalue weighted by Gasteiger charge is -2.15. The number of carboxylic acid groups (broad SMARTS) is 2. The Balaban J connectivity index is 4.98. The monoisotopic (exact) mass is 260 g/mol. The molecule has 19 heavy (non-hydrogen) atoms. The molecule has 100 valence electrons. The molecule has 0 amide bonds. The standard InChI is InChI=1S/C15H16O4/c1-8(7-14(16)17)9(2)10(3)11(4)12(5)13(6)15(18)19/h1-7H2,(H,16,17)(H,18,19). The number of hydrogen-bond acceptors (Lipinski definition) is 2. The Morgan fingerprint density at radius 2 is 1.05 bits per heavy atom. The smallest absolute Gasteiger partial charge is 0.335 e. The van der Waals surface area contributed by atoms with Crippen LogP contribution >= 0.6 is 0 Å². The van der Waals surface area contributed by atoms with Crippen molar-refractivity contribution >= 4 is 11.9 Å². The molecule has 4 heteroatoms. The van der Waals surface area contributed by atoms with Gasteiger partial charge in [0.2, 0.25) is 0 Å². The number of rotatable bonds is 8. The molecule has 0 atom stereocenters. The Kier molecular flexibility index (Phi) is 5.47. The van der Waals surface area contributed by atoms with E-state index in [1.54, 1.807) is 0 Å². The van der Waals surface area contributed by atoms with Crippen molar-refractivity contribution in [2.24, 2.45) is 0 Å². The van der Waals surface area contributed by atoms with Gasteiger partial charge in [0.15, 0.2) is 0 Å². The highest BCUT2D eigenvalue weighted by molar-refractivity contribution is 5.93. The first-order valence-electron chi connectivity index (χ1n) is 5.18. The van der Waals surface area contributed by atoms with Crippen molar-refractivity contribution in [2.75, 3.05) is 0 Å². The molecular weight excluding hydrogens is 244 g/mol. The predicted molar refractivity (Wildman–Crippen MR) is 74.7 cm³/mol. The highest BCUT2D eigenvalue weighted by atomic mass is 16.4. The van der Waals surface area contributed by atoms with Crippen molar-refractivity contribution < 1.29 is 19.8 Å². The quantitative estimate of drug-likeness (QED) is 0.520. The summed E-state index contributed by atoms with van der Waals surface area (Å²) in [4.78, 5) is 21.3. The Bertz CT molecular complexity index is 532. The molecule has 0 aliphatic heterocycles. The van der Waals surface area contributed by atoms with Crippen LogP contribution in [0.15, 0.2) is 72.9 Å². The molecule has 2 N–H and O–H groups in total. The molecule has 0 aromatic heterocycles. The van der Waals surface area contributed by atoms with Crippen molar-refractivity contribution in [1.82, 2.24) is 0 Å². The molecule has 0 fully saturated rings. The van der Waals surface area contributed by atoms with Crippen molar-refractivity contribution in [3.05, 3.63) is 72.9 Å². The Morgan fingerprint density at radius 3 is 1.42 bits per heavy atom. The van der Waals surface area contributed by atoms with E-state index in [1.165, 1.54) is 0 Å². The number of hydrogen-bond donors (Lipinski definition) is 2. The molecule has 0 unspecified atom stereocenters. The van der Waals surface area contributed by atoms with Crippen molar-refractivity contribution in [3.8, 4) is 0 Å². The van der Waals surface area contributed by atoms with Gasteiger partial charge in [-0.05, 0) is 27.9 Å². The fourth-order valence-corrected chi connectivity index (χ4v) is 1.18. The average Bonchev–Trinajstić information content (AvgIpc) is 2.33. The molecule has 0 saturated carbocycles. The summed E-state index contributed by atoms with van der Waals surface area (Å²) in [5.74, 6) is -2.26. The fraction of sp³-hybridized carbons (Fsp3) is 0.0667. The minimum absolute atomic E-state index is 0.113. The van der Waals surface area contributed by atoms with Gasteiger partial charge in [-0.25, -0.2) is 4.79 Å². The first-order chi connectivity index (χ1) is 8.59. The lowest BCUT2D eigenvalue weighted by atomic mass is 9.89. The normalized spacial score (nSPS) is 9.26. The second-order valence-corrected chi connectivity index (χ2v) is 3.87. The molecular formula is C15H16O4.